The second-order valence-corrected chi connectivity index (χ2v) is 10.5. The van der Waals surface area contributed by atoms with Crippen LogP contribution in [0.5, 0.6) is 5.75 Å². The highest BCUT2D eigenvalue weighted by Crippen LogP contribution is 2.47. The van der Waals surface area contributed by atoms with Crippen molar-refractivity contribution in [2.45, 2.75) is 43.6 Å². The Morgan fingerprint density at radius 3 is 2.44 bits per heavy atom. The lowest BCUT2D eigenvalue weighted by atomic mass is 9.84. The summed E-state index contributed by atoms with van der Waals surface area (Å²) in [6.45, 7) is 0.514. The Morgan fingerprint density at radius 1 is 0.974 bits per heavy atom. The number of hydrogen-bond acceptors (Lipinski definition) is 6. The molecule has 0 bridgehead atoms. The normalized spacial score (nSPS) is 21.5. The average molecular weight is 530 g/mol. The molecular weight excluding hydrogens is 494 g/mol. The average Bonchev–Trinajstić information content (AvgIpc) is 3.29. The second kappa shape index (κ2) is 12.0. The molecular formula is C31H35N3O5. The molecule has 0 radical (unpaired) electrons. The van der Waals surface area contributed by atoms with Gasteiger partial charge in [-0.15, -0.1) is 0 Å². The first-order chi connectivity index (χ1) is 18.9. The molecule has 8 heteroatoms. The number of amides is 2. The molecule has 0 spiro atoms. The van der Waals surface area contributed by atoms with Crippen molar-refractivity contribution in [1.29, 1.82) is 0 Å². The maximum Gasteiger partial charge on any atom is 0.238 e. The number of rotatable bonds is 9. The largest absolute Gasteiger partial charge is 0.487 e. The fourth-order valence-electron chi connectivity index (χ4n) is 5.38. The third-order valence-corrected chi connectivity index (χ3v) is 7.21. The van der Waals surface area contributed by atoms with E-state index >= 15 is 0 Å². The molecule has 2 amide bonds. The third kappa shape index (κ3) is 6.47. The molecule has 1 saturated heterocycles. The number of fused-ring (bicyclic) bond motifs is 3. The molecule has 2 heterocycles. The summed E-state index contributed by atoms with van der Waals surface area (Å²) in [5.74, 6) is 0.479. The van der Waals surface area contributed by atoms with Crippen LogP contribution in [0.25, 0.3) is 11.1 Å². The molecule has 1 fully saturated rings. The summed E-state index contributed by atoms with van der Waals surface area (Å²) in [5, 5.41) is 15.9. The van der Waals surface area contributed by atoms with Crippen molar-refractivity contribution in [3.63, 3.8) is 0 Å². The molecule has 3 aromatic carbocycles. The summed E-state index contributed by atoms with van der Waals surface area (Å²) < 4.78 is 12.2. The number of benzene rings is 3. The van der Waals surface area contributed by atoms with Gasteiger partial charge >= 0.3 is 0 Å². The number of likely N-dealkylation sites (N-methyl/N-ethyl adjacent to an activating group) is 1. The van der Waals surface area contributed by atoms with Crippen LogP contribution in [0.1, 0.15) is 29.9 Å². The number of aliphatic hydroxyl groups excluding tert-OH is 1. The SMILES string of the molecule is CN(C)CC(=O)Nc1ccc2c(c1)[C@@H]1C[C@@H](CC(=O)NCc3ccc(-c4ccccc4)cc3)O[C@@H](CO)[C@@H]1O2. The van der Waals surface area contributed by atoms with Crippen LogP contribution in [0, 0.1) is 0 Å². The molecule has 5 rings (SSSR count). The minimum atomic E-state index is -0.536. The molecule has 2 aliphatic heterocycles. The van der Waals surface area contributed by atoms with Gasteiger partial charge in [-0.05, 0) is 55.4 Å². The quantitative estimate of drug-likeness (QED) is 0.392. The molecule has 0 aliphatic carbocycles. The number of carbonyl (C=O) groups is 2. The Bertz CT molecular complexity index is 1300. The number of aliphatic hydroxyl groups is 1. The monoisotopic (exact) mass is 529 g/mol. The van der Waals surface area contributed by atoms with Gasteiger partial charge in [0.1, 0.15) is 18.0 Å². The van der Waals surface area contributed by atoms with Crippen LogP contribution in [0.3, 0.4) is 0 Å². The highest BCUT2D eigenvalue weighted by Gasteiger charge is 2.46. The molecule has 204 valence electrons. The number of nitrogens with zero attached hydrogens (tertiary/aromatic N) is 1. The predicted octanol–water partition coefficient (Wildman–Crippen LogP) is 3.55. The molecule has 8 nitrogen and oxygen atoms in total. The van der Waals surface area contributed by atoms with E-state index in [0.717, 1.165) is 28.0 Å². The number of hydrogen-bond donors (Lipinski definition) is 3. The third-order valence-electron chi connectivity index (χ3n) is 7.21. The van der Waals surface area contributed by atoms with Crippen molar-refractivity contribution in [2.24, 2.45) is 0 Å². The Labute approximate surface area is 228 Å². The zero-order valence-corrected chi connectivity index (χ0v) is 22.3. The van der Waals surface area contributed by atoms with Gasteiger partial charge in [-0.1, -0.05) is 54.6 Å². The first-order valence-corrected chi connectivity index (χ1v) is 13.3. The Hall–Kier alpha value is -3.72. The van der Waals surface area contributed by atoms with E-state index in [-0.39, 0.29) is 49.5 Å². The highest BCUT2D eigenvalue weighted by atomic mass is 16.6. The minimum Gasteiger partial charge on any atom is -0.487 e. The molecule has 3 aromatic rings. The number of nitrogens with one attached hydrogen (secondary N) is 2. The van der Waals surface area contributed by atoms with Crippen molar-refractivity contribution in [3.05, 3.63) is 83.9 Å². The lowest BCUT2D eigenvalue weighted by molar-refractivity contribution is -0.142. The zero-order chi connectivity index (χ0) is 27.4. The van der Waals surface area contributed by atoms with Gasteiger partial charge < -0.3 is 30.1 Å². The van der Waals surface area contributed by atoms with Crippen LogP contribution in [-0.2, 0) is 20.9 Å². The van der Waals surface area contributed by atoms with Gasteiger partial charge in [0.2, 0.25) is 11.8 Å². The van der Waals surface area contributed by atoms with E-state index in [1.165, 1.54) is 0 Å². The van der Waals surface area contributed by atoms with Crippen molar-refractivity contribution >= 4 is 17.5 Å². The molecule has 4 atom stereocenters. The highest BCUT2D eigenvalue weighted by molar-refractivity contribution is 5.92. The minimum absolute atomic E-state index is 0.0417. The Balaban J connectivity index is 1.19. The van der Waals surface area contributed by atoms with Crippen molar-refractivity contribution in [2.75, 3.05) is 32.6 Å². The van der Waals surface area contributed by atoms with Crippen LogP contribution in [0.4, 0.5) is 5.69 Å². The van der Waals surface area contributed by atoms with E-state index in [1.807, 2.05) is 67.5 Å². The number of anilines is 1. The molecule has 0 saturated carbocycles. The van der Waals surface area contributed by atoms with Gasteiger partial charge in [0.05, 0.1) is 25.7 Å². The summed E-state index contributed by atoms with van der Waals surface area (Å²) >= 11 is 0. The van der Waals surface area contributed by atoms with E-state index in [4.69, 9.17) is 9.47 Å². The summed E-state index contributed by atoms with van der Waals surface area (Å²) in [6, 6.07) is 23.9. The molecule has 3 N–H and O–H groups in total. The molecule has 0 unspecified atom stereocenters. The van der Waals surface area contributed by atoms with Gasteiger partial charge in [-0.25, -0.2) is 0 Å². The maximum atomic E-state index is 12.8. The summed E-state index contributed by atoms with van der Waals surface area (Å²) in [5.41, 5.74) is 4.96. The number of carbonyl (C=O) groups excluding carboxylic acids is 2. The first kappa shape index (κ1) is 26.9. The maximum absolute atomic E-state index is 12.8. The van der Waals surface area contributed by atoms with Crippen LogP contribution in [0.15, 0.2) is 72.8 Å². The Kier molecular flexibility index (Phi) is 8.26. The zero-order valence-electron chi connectivity index (χ0n) is 22.3. The lowest BCUT2D eigenvalue weighted by Gasteiger charge is -2.37. The van der Waals surface area contributed by atoms with Crippen molar-refractivity contribution in [3.8, 4) is 16.9 Å². The fourth-order valence-corrected chi connectivity index (χ4v) is 5.38. The summed E-state index contributed by atoms with van der Waals surface area (Å²) in [7, 11) is 3.69. The van der Waals surface area contributed by atoms with Gasteiger partial charge in [0, 0.05) is 23.7 Å². The van der Waals surface area contributed by atoms with E-state index in [1.54, 1.807) is 0 Å². The van der Waals surface area contributed by atoms with Crippen LogP contribution >= 0.6 is 0 Å². The van der Waals surface area contributed by atoms with Crippen LogP contribution in [0.2, 0.25) is 0 Å². The van der Waals surface area contributed by atoms with Gasteiger partial charge in [0.25, 0.3) is 0 Å². The van der Waals surface area contributed by atoms with E-state index in [0.29, 0.717) is 18.7 Å². The fraction of sp³-hybridized carbons (Fsp3) is 0.355. The van der Waals surface area contributed by atoms with Gasteiger partial charge in [0.15, 0.2) is 0 Å². The van der Waals surface area contributed by atoms with E-state index < -0.39 is 6.10 Å². The Morgan fingerprint density at radius 2 is 1.72 bits per heavy atom. The molecule has 0 aromatic heterocycles. The number of ether oxygens (including phenoxy) is 2. The van der Waals surface area contributed by atoms with Crippen molar-refractivity contribution < 1.29 is 24.2 Å². The smallest absolute Gasteiger partial charge is 0.238 e. The molecule has 39 heavy (non-hydrogen) atoms. The van der Waals surface area contributed by atoms with Crippen molar-refractivity contribution in [1.82, 2.24) is 10.2 Å². The van der Waals surface area contributed by atoms with Gasteiger partial charge in [-0.3, -0.25) is 9.59 Å². The first-order valence-electron chi connectivity index (χ1n) is 13.3. The van der Waals surface area contributed by atoms with E-state index in [9.17, 15) is 14.7 Å². The van der Waals surface area contributed by atoms with Crippen LogP contribution in [-0.4, -0.2) is 67.4 Å². The second-order valence-electron chi connectivity index (χ2n) is 10.5. The van der Waals surface area contributed by atoms with E-state index in [2.05, 4.69) is 34.9 Å². The summed E-state index contributed by atoms with van der Waals surface area (Å²) in [4.78, 5) is 26.9. The summed E-state index contributed by atoms with van der Waals surface area (Å²) in [6.07, 6.45) is -0.449. The standard InChI is InChI=1S/C31H35N3O5/c1-34(2)18-30(37)33-23-12-13-27-25(14-23)26-15-24(38-28(19-35)31(26)39-27)16-29(36)32-17-20-8-10-22(11-9-20)21-6-4-3-5-7-21/h3-14,24,26,28,31,35H,15-19H2,1-2H3,(H,32,36)(H,33,37)/t24-,26-,28-,31+/m0/s1. The van der Waals surface area contributed by atoms with Gasteiger partial charge in [-0.2, -0.15) is 0 Å². The van der Waals surface area contributed by atoms with Crippen LogP contribution < -0.4 is 15.4 Å². The predicted molar refractivity (Wildman–Crippen MR) is 149 cm³/mol. The lowest BCUT2D eigenvalue weighted by Crippen LogP contribution is -2.47. The topological polar surface area (TPSA) is 100 Å². The molecule has 2 aliphatic rings.